The summed E-state index contributed by atoms with van der Waals surface area (Å²) in [6.07, 6.45) is 6.86. The Bertz CT molecular complexity index is 280. The summed E-state index contributed by atoms with van der Waals surface area (Å²) in [5, 5.41) is 0. The van der Waals surface area contributed by atoms with E-state index in [1.165, 1.54) is 5.57 Å². The average Bonchev–Trinajstić information content (AvgIpc) is 2.20. The van der Waals surface area contributed by atoms with Crippen LogP contribution in [0.1, 0.15) is 33.1 Å². The molecule has 0 saturated carbocycles. The van der Waals surface area contributed by atoms with Gasteiger partial charge in [-0.1, -0.05) is 11.6 Å². The SMILES string of the molecule is CC1=CCCCC(N=C=O)=C1C. The topological polar surface area (TPSA) is 29.4 Å². The Morgan fingerprint density at radius 3 is 2.92 bits per heavy atom. The molecule has 0 N–H and O–H groups in total. The van der Waals surface area contributed by atoms with Gasteiger partial charge in [-0.25, -0.2) is 4.79 Å². The third-order valence-corrected chi connectivity index (χ3v) is 2.27. The van der Waals surface area contributed by atoms with E-state index in [-0.39, 0.29) is 0 Å². The fourth-order valence-corrected chi connectivity index (χ4v) is 1.35. The maximum absolute atomic E-state index is 10.1. The highest BCUT2D eigenvalue weighted by Gasteiger charge is 2.06. The lowest BCUT2D eigenvalue weighted by Crippen LogP contribution is -1.85. The van der Waals surface area contributed by atoms with Crippen LogP contribution in [-0.2, 0) is 4.79 Å². The predicted octanol–water partition coefficient (Wildman–Crippen LogP) is 2.73. The van der Waals surface area contributed by atoms with Gasteiger partial charge in [-0.15, -0.1) is 0 Å². The summed E-state index contributed by atoms with van der Waals surface area (Å²) in [6, 6.07) is 0. The van der Waals surface area contributed by atoms with Crippen molar-refractivity contribution in [2.45, 2.75) is 33.1 Å². The Labute approximate surface area is 72.7 Å². The number of hydrogen-bond acceptors (Lipinski definition) is 2. The van der Waals surface area contributed by atoms with E-state index in [9.17, 15) is 4.79 Å². The Hall–Kier alpha value is -1.14. The zero-order valence-electron chi connectivity index (χ0n) is 7.55. The van der Waals surface area contributed by atoms with Gasteiger partial charge >= 0.3 is 0 Å². The molecule has 0 unspecified atom stereocenters. The minimum absolute atomic E-state index is 0.898. The normalized spacial score (nSPS) is 18.0. The fourth-order valence-electron chi connectivity index (χ4n) is 1.35. The van der Waals surface area contributed by atoms with Crippen molar-refractivity contribution in [2.75, 3.05) is 0 Å². The summed E-state index contributed by atoms with van der Waals surface area (Å²) in [7, 11) is 0. The summed E-state index contributed by atoms with van der Waals surface area (Å²) in [5.41, 5.74) is 3.27. The molecule has 1 rings (SSSR count). The molecule has 2 heteroatoms. The molecular weight excluding hydrogens is 150 g/mol. The van der Waals surface area contributed by atoms with E-state index in [1.54, 1.807) is 6.08 Å². The van der Waals surface area contributed by atoms with Crippen molar-refractivity contribution in [2.24, 2.45) is 4.99 Å². The van der Waals surface area contributed by atoms with E-state index in [2.05, 4.69) is 18.0 Å². The van der Waals surface area contributed by atoms with Crippen LogP contribution in [0.2, 0.25) is 0 Å². The number of carbonyl (C=O) groups excluding carboxylic acids is 1. The van der Waals surface area contributed by atoms with Gasteiger partial charge in [0, 0.05) is 0 Å². The van der Waals surface area contributed by atoms with Gasteiger partial charge in [0.05, 0.1) is 5.70 Å². The van der Waals surface area contributed by atoms with Crippen LogP contribution < -0.4 is 0 Å². The molecule has 2 nitrogen and oxygen atoms in total. The van der Waals surface area contributed by atoms with E-state index < -0.39 is 0 Å². The second kappa shape index (κ2) is 4.03. The molecule has 0 aromatic heterocycles. The molecule has 0 heterocycles. The lowest BCUT2D eigenvalue weighted by Gasteiger charge is -2.01. The van der Waals surface area contributed by atoms with Crippen molar-refractivity contribution >= 4 is 6.08 Å². The molecule has 0 aromatic carbocycles. The smallest absolute Gasteiger partial charge is 0.211 e. The summed E-state index contributed by atoms with van der Waals surface area (Å²) < 4.78 is 0. The highest BCUT2D eigenvalue weighted by Crippen LogP contribution is 2.23. The van der Waals surface area contributed by atoms with Crippen molar-refractivity contribution in [3.05, 3.63) is 22.9 Å². The quantitative estimate of drug-likeness (QED) is 0.431. The largest absolute Gasteiger partial charge is 0.240 e. The summed E-state index contributed by atoms with van der Waals surface area (Å²) >= 11 is 0. The third kappa shape index (κ3) is 1.93. The standard InChI is InChI=1S/C10H13NO/c1-8-5-3-4-6-10(9(8)2)11-7-12/h5H,3-4,6H2,1-2H3. The molecule has 0 amide bonds. The second-order valence-corrected chi connectivity index (χ2v) is 3.05. The first-order valence-corrected chi connectivity index (χ1v) is 4.20. The van der Waals surface area contributed by atoms with Crippen molar-refractivity contribution < 1.29 is 4.79 Å². The minimum Gasteiger partial charge on any atom is -0.211 e. The summed E-state index contributed by atoms with van der Waals surface area (Å²) in [6.45, 7) is 4.06. The third-order valence-electron chi connectivity index (χ3n) is 2.27. The number of nitrogens with zero attached hydrogens (tertiary/aromatic N) is 1. The predicted molar refractivity (Wildman–Crippen MR) is 48.4 cm³/mol. The zero-order valence-corrected chi connectivity index (χ0v) is 7.55. The lowest BCUT2D eigenvalue weighted by molar-refractivity contribution is 0.564. The van der Waals surface area contributed by atoms with Crippen LogP contribution in [0.4, 0.5) is 0 Å². The van der Waals surface area contributed by atoms with Gasteiger partial charge in [-0.05, 0) is 38.7 Å². The van der Waals surface area contributed by atoms with E-state index >= 15 is 0 Å². The van der Waals surface area contributed by atoms with Crippen molar-refractivity contribution in [1.82, 2.24) is 0 Å². The van der Waals surface area contributed by atoms with Gasteiger partial charge in [0.15, 0.2) is 0 Å². The summed E-state index contributed by atoms with van der Waals surface area (Å²) in [5.74, 6) is 0. The first kappa shape index (κ1) is 8.95. The maximum Gasteiger partial charge on any atom is 0.240 e. The summed E-state index contributed by atoms with van der Waals surface area (Å²) in [4.78, 5) is 13.8. The van der Waals surface area contributed by atoms with E-state index in [1.807, 2.05) is 6.92 Å². The van der Waals surface area contributed by atoms with E-state index in [0.29, 0.717) is 0 Å². The van der Waals surface area contributed by atoms with Crippen LogP contribution >= 0.6 is 0 Å². The Kier molecular flexibility index (Phi) is 3.01. The van der Waals surface area contributed by atoms with Gasteiger partial charge in [0.1, 0.15) is 0 Å². The van der Waals surface area contributed by atoms with Gasteiger partial charge in [-0.2, -0.15) is 4.99 Å². The van der Waals surface area contributed by atoms with E-state index in [4.69, 9.17) is 0 Å². The van der Waals surface area contributed by atoms with Gasteiger partial charge in [-0.3, -0.25) is 0 Å². The molecular formula is C10H13NO. The number of rotatable bonds is 1. The van der Waals surface area contributed by atoms with Crippen LogP contribution in [0.3, 0.4) is 0 Å². The molecule has 0 radical (unpaired) electrons. The lowest BCUT2D eigenvalue weighted by atomic mass is 10.1. The Balaban J connectivity index is 3.01. The molecule has 0 saturated heterocycles. The maximum atomic E-state index is 10.1. The minimum atomic E-state index is 0.898. The molecule has 0 bridgehead atoms. The van der Waals surface area contributed by atoms with Gasteiger partial charge < -0.3 is 0 Å². The molecule has 64 valence electrons. The monoisotopic (exact) mass is 163 g/mol. The molecule has 12 heavy (non-hydrogen) atoms. The molecule has 1 aliphatic carbocycles. The number of aliphatic imine (C=N–C) groups is 1. The molecule has 0 aliphatic heterocycles. The van der Waals surface area contributed by atoms with Gasteiger partial charge in [0.25, 0.3) is 0 Å². The molecule has 1 aliphatic rings. The molecule has 0 atom stereocenters. The van der Waals surface area contributed by atoms with Crippen LogP contribution in [-0.4, -0.2) is 6.08 Å². The highest BCUT2D eigenvalue weighted by molar-refractivity contribution is 5.41. The van der Waals surface area contributed by atoms with Crippen molar-refractivity contribution in [3.63, 3.8) is 0 Å². The number of hydrogen-bond donors (Lipinski definition) is 0. The van der Waals surface area contributed by atoms with Crippen LogP contribution in [0, 0.1) is 0 Å². The van der Waals surface area contributed by atoms with Crippen molar-refractivity contribution in [3.8, 4) is 0 Å². The van der Waals surface area contributed by atoms with Crippen LogP contribution in [0.15, 0.2) is 27.9 Å². The highest BCUT2D eigenvalue weighted by atomic mass is 16.1. The van der Waals surface area contributed by atoms with Crippen molar-refractivity contribution in [1.29, 1.82) is 0 Å². The first-order valence-electron chi connectivity index (χ1n) is 4.20. The molecule has 0 fully saturated rings. The Morgan fingerprint density at radius 2 is 2.25 bits per heavy atom. The van der Waals surface area contributed by atoms with Crippen LogP contribution in [0.5, 0.6) is 0 Å². The molecule has 0 aromatic rings. The number of isocyanates is 1. The average molecular weight is 163 g/mol. The first-order chi connectivity index (χ1) is 5.75. The van der Waals surface area contributed by atoms with Crippen LogP contribution in [0.25, 0.3) is 0 Å². The van der Waals surface area contributed by atoms with Gasteiger partial charge in [0.2, 0.25) is 6.08 Å². The molecule has 0 spiro atoms. The second-order valence-electron chi connectivity index (χ2n) is 3.05. The number of allylic oxidation sites excluding steroid dienone is 4. The fraction of sp³-hybridized carbons (Fsp3) is 0.500. The zero-order chi connectivity index (χ0) is 8.97. The van der Waals surface area contributed by atoms with E-state index in [0.717, 1.165) is 30.5 Å². The Morgan fingerprint density at radius 1 is 1.50 bits per heavy atom.